The van der Waals surface area contributed by atoms with Crippen LogP contribution in [0, 0.1) is 11.8 Å². The van der Waals surface area contributed by atoms with Crippen LogP contribution in [0.4, 0.5) is 24.7 Å². The van der Waals surface area contributed by atoms with Crippen molar-refractivity contribution in [2.45, 2.75) is 13.1 Å². The highest BCUT2D eigenvalue weighted by molar-refractivity contribution is 5.95. The zero-order valence-electron chi connectivity index (χ0n) is 12.8. The van der Waals surface area contributed by atoms with Crippen molar-refractivity contribution in [2.24, 2.45) is 0 Å². The predicted molar refractivity (Wildman–Crippen MR) is 83.4 cm³/mol. The van der Waals surface area contributed by atoms with Gasteiger partial charge >= 0.3 is 12.1 Å². The number of pyridine rings is 2. The van der Waals surface area contributed by atoms with E-state index in [9.17, 15) is 22.8 Å². The Bertz CT molecular complexity index is 869. The molecule has 2 aromatic rings. The van der Waals surface area contributed by atoms with E-state index in [1.165, 1.54) is 37.5 Å². The van der Waals surface area contributed by atoms with Gasteiger partial charge in [0.15, 0.2) is 0 Å². The Morgan fingerprint density at radius 1 is 1.08 bits per heavy atom. The van der Waals surface area contributed by atoms with E-state index in [-0.39, 0.29) is 23.1 Å². The van der Waals surface area contributed by atoms with Gasteiger partial charge in [0, 0.05) is 24.9 Å². The molecule has 0 aliphatic heterocycles. The summed E-state index contributed by atoms with van der Waals surface area (Å²) in [6, 6.07) is 5.68. The van der Waals surface area contributed by atoms with Crippen molar-refractivity contribution in [3.63, 3.8) is 0 Å². The summed E-state index contributed by atoms with van der Waals surface area (Å²) < 4.78 is 37.1. The van der Waals surface area contributed by atoms with E-state index in [2.05, 4.69) is 27.1 Å². The first-order chi connectivity index (χ1) is 11.8. The normalized spacial score (nSPS) is 10.4. The molecule has 0 bridgehead atoms. The van der Waals surface area contributed by atoms with Crippen LogP contribution in [-0.4, -0.2) is 28.0 Å². The molecule has 9 heteroatoms. The maximum absolute atomic E-state index is 12.4. The lowest BCUT2D eigenvalue weighted by Crippen LogP contribution is -2.30. The van der Waals surface area contributed by atoms with Crippen LogP contribution in [-0.2, 0) is 9.59 Å². The quantitative estimate of drug-likeness (QED) is 0.816. The standard InChI is InChI=1S/C16H11F3N4O2/c1-10(24)22-14-9-11(6-8-21-14)4-5-12-13(3-2-7-20-12)23-15(25)16(17,18)19/h2-3,6-9H,1H3,(H,23,25)(H,21,22,24). The van der Waals surface area contributed by atoms with E-state index in [0.29, 0.717) is 5.56 Å². The summed E-state index contributed by atoms with van der Waals surface area (Å²) in [6.45, 7) is 1.32. The van der Waals surface area contributed by atoms with Crippen molar-refractivity contribution >= 4 is 23.3 Å². The molecule has 2 aromatic heterocycles. The van der Waals surface area contributed by atoms with Crippen LogP contribution >= 0.6 is 0 Å². The summed E-state index contributed by atoms with van der Waals surface area (Å²) in [7, 11) is 0. The fraction of sp³-hybridized carbons (Fsp3) is 0.125. The van der Waals surface area contributed by atoms with Gasteiger partial charge in [0.2, 0.25) is 5.91 Å². The number of nitrogens with zero attached hydrogens (tertiary/aromatic N) is 2. The van der Waals surface area contributed by atoms with E-state index in [0.717, 1.165) is 0 Å². The molecule has 25 heavy (non-hydrogen) atoms. The van der Waals surface area contributed by atoms with Gasteiger partial charge < -0.3 is 10.6 Å². The number of anilines is 2. The minimum atomic E-state index is -5.01. The largest absolute Gasteiger partial charge is 0.471 e. The summed E-state index contributed by atoms with van der Waals surface area (Å²) in [5.74, 6) is 3.14. The highest BCUT2D eigenvalue weighted by Gasteiger charge is 2.38. The Hall–Kier alpha value is -3.41. The second kappa shape index (κ2) is 7.44. The van der Waals surface area contributed by atoms with Gasteiger partial charge in [-0.2, -0.15) is 13.2 Å². The fourth-order valence-electron chi connectivity index (χ4n) is 1.69. The third kappa shape index (κ3) is 5.31. The number of hydrogen-bond donors (Lipinski definition) is 2. The zero-order chi connectivity index (χ0) is 18.4. The van der Waals surface area contributed by atoms with Crippen molar-refractivity contribution in [2.75, 3.05) is 10.6 Å². The minimum absolute atomic E-state index is 0.0296. The maximum Gasteiger partial charge on any atom is 0.471 e. The van der Waals surface area contributed by atoms with Crippen LogP contribution < -0.4 is 10.6 Å². The zero-order valence-corrected chi connectivity index (χ0v) is 12.8. The summed E-state index contributed by atoms with van der Waals surface area (Å²) in [4.78, 5) is 29.8. The molecular weight excluding hydrogens is 337 g/mol. The monoisotopic (exact) mass is 348 g/mol. The topological polar surface area (TPSA) is 84.0 Å². The van der Waals surface area contributed by atoms with Crippen molar-refractivity contribution in [1.29, 1.82) is 0 Å². The minimum Gasteiger partial charge on any atom is -0.316 e. The second-order valence-electron chi connectivity index (χ2n) is 4.71. The highest BCUT2D eigenvalue weighted by atomic mass is 19.4. The smallest absolute Gasteiger partial charge is 0.316 e. The van der Waals surface area contributed by atoms with E-state index < -0.39 is 12.1 Å². The van der Waals surface area contributed by atoms with Gasteiger partial charge in [0.1, 0.15) is 11.5 Å². The van der Waals surface area contributed by atoms with Crippen molar-refractivity contribution in [1.82, 2.24) is 9.97 Å². The molecule has 6 nitrogen and oxygen atoms in total. The number of aromatic nitrogens is 2. The van der Waals surface area contributed by atoms with Crippen LogP contribution in [0.1, 0.15) is 18.2 Å². The molecule has 2 N–H and O–H groups in total. The van der Waals surface area contributed by atoms with E-state index in [4.69, 9.17) is 0 Å². The summed E-state index contributed by atoms with van der Waals surface area (Å²) in [6.07, 6.45) is -2.26. The Kier molecular flexibility index (Phi) is 5.34. The first kappa shape index (κ1) is 17.9. The third-order valence-corrected chi connectivity index (χ3v) is 2.70. The number of carbonyl (C=O) groups is 2. The molecule has 2 amide bonds. The number of alkyl halides is 3. The lowest BCUT2D eigenvalue weighted by molar-refractivity contribution is -0.167. The first-order valence-corrected chi connectivity index (χ1v) is 6.84. The number of nitrogens with one attached hydrogen (secondary N) is 2. The summed E-state index contributed by atoms with van der Waals surface area (Å²) >= 11 is 0. The molecule has 0 aromatic carbocycles. The molecule has 0 aliphatic carbocycles. The first-order valence-electron chi connectivity index (χ1n) is 6.84. The molecule has 0 spiro atoms. The average molecular weight is 348 g/mol. The molecule has 128 valence electrons. The molecule has 2 rings (SSSR count). The van der Waals surface area contributed by atoms with Crippen LogP contribution in [0.15, 0.2) is 36.7 Å². The lowest BCUT2D eigenvalue weighted by Gasteiger charge is -2.08. The van der Waals surface area contributed by atoms with Gasteiger partial charge in [0.25, 0.3) is 0 Å². The van der Waals surface area contributed by atoms with Crippen LogP contribution in [0.2, 0.25) is 0 Å². The highest BCUT2D eigenvalue weighted by Crippen LogP contribution is 2.19. The van der Waals surface area contributed by atoms with Gasteiger partial charge in [-0.05, 0) is 30.2 Å². The molecule has 0 atom stereocenters. The SMILES string of the molecule is CC(=O)Nc1cc(C#Cc2ncccc2NC(=O)C(F)(F)F)ccn1. The lowest BCUT2D eigenvalue weighted by atomic mass is 10.2. The van der Waals surface area contributed by atoms with E-state index >= 15 is 0 Å². The average Bonchev–Trinajstić information content (AvgIpc) is 2.53. The Balaban J connectivity index is 2.26. The molecule has 0 saturated carbocycles. The van der Waals surface area contributed by atoms with E-state index in [1.54, 1.807) is 11.4 Å². The van der Waals surface area contributed by atoms with Crippen LogP contribution in [0.25, 0.3) is 0 Å². The van der Waals surface area contributed by atoms with Gasteiger partial charge in [-0.15, -0.1) is 0 Å². The number of carbonyl (C=O) groups excluding carboxylic acids is 2. The van der Waals surface area contributed by atoms with Crippen LogP contribution in [0.3, 0.4) is 0 Å². The van der Waals surface area contributed by atoms with Crippen molar-refractivity contribution in [3.8, 4) is 11.8 Å². The Morgan fingerprint density at radius 3 is 2.52 bits per heavy atom. The molecular formula is C16H11F3N4O2. The molecule has 0 unspecified atom stereocenters. The molecule has 0 aliphatic rings. The van der Waals surface area contributed by atoms with Gasteiger partial charge in [0.05, 0.1) is 5.69 Å². The maximum atomic E-state index is 12.4. The molecule has 0 saturated heterocycles. The number of amides is 2. The Morgan fingerprint density at radius 2 is 1.84 bits per heavy atom. The number of hydrogen-bond acceptors (Lipinski definition) is 4. The third-order valence-electron chi connectivity index (χ3n) is 2.70. The van der Waals surface area contributed by atoms with Gasteiger partial charge in [-0.3, -0.25) is 9.59 Å². The fourth-order valence-corrected chi connectivity index (χ4v) is 1.69. The number of rotatable bonds is 2. The van der Waals surface area contributed by atoms with Crippen LogP contribution in [0.5, 0.6) is 0 Å². The van der Waals surface area contributed by atoms with Gasteiger partial charge in [-0.25, -0.2) is 9.97 Å². The van der Waals surface area contributed by atoms with Crippen molar-refractivity contribution in [3.05, 3.63) is 47.9 Å². The van der Waals surface area contributed by atoms with Crippen molar-refractivity contribution < 1.29 is 22.8 Å². The second-order valence-corrected chi connectivity index (χ2v) is 4.71. The molecule has 0 radical (unpaired) electrons. The van der Waals surface area contributed by atoms with E-state index in [1.807, 2.05) is 0 Å². The Labute approximate surface area is 140 Å². The summed E-state index contributed by atoms with van der Waals surface area (Å²) in [5, 5.41) is 4.21. The predicted octanol–water partition coefficient (Wildman–Crippen LogP) is 2.34. The molecule has 0 fully saturated rings. The summed E-state index contributed by atoms with van der Waals surface area (Å²) in [5.41, 5.74) is 0.268. The van der Waals surface area contributed by atoms with Gasteiger partial charge in [-0.1, -0.05) is 5.92 Å². The number of halogens is 3. The molecule has 2 heterocycles.